The SMILES string of the molecule is C=C(C)CCNc1ncc2[nH]c(C3O[C@H](CO)[C@@H](O)[C@H]3O)nc2n1. The van der Waals surface area contributed by atoms with Crippen molar-refractivity contribution >= 4 is 17.1 Å². The van der Waals surface area contributed by atoms with Gasteiger partial charge in [-0.05, 0) is 13.3 Å². The summed E-state index contributed by atoms with van der Waals surface area (Å²) in [7, 11) is 0. The molecule has 1 saturated heterocycles. The van der Waals surface area contributed by atoms with Crippen molar-refractivity contribution in [3.63, 3.8) is 0 Å². The number of nitrogens with zero attached hydrogens (tertiary/aromatic N) is 3. The van der Waals surface area contributed by atoms with Gasteiger partial charge in [0.05, 0.1) is 12.8 Å². The number of anilines is 1. The summed E-state index contributed by atoms with van der Waals surface area (Å²) < 4.78 is 5.45. The molecule has 0 spiro atoms. The third-order valence-electron chi connectivity index (χ3n) is 3.90. The number of aromatic nitrogens is 4. The number of aromatic amines is 1. The molecule has 0 aromatic carbocycles. The number of rotatable bonds is 6. The zero-order valence-electron chi connectivity index (χ0n) is 13.3. The van der Waals surface area contributed by atoms with Gasteiger partial charge in [0.2, 0.25) is 5.95 Å². The van der Waals surface area contributed by atoms with E-state index in [2.05, 4.69) is 31.8 Å². The lowest BCUT2D eigenvalue weighted by molar-refractivity contribution is -0.0249. The number of hydrogen-bond donors (Lipinski definition) is 5. The highest BCUT2D eigenvalue weighted by molar-refractivity contribution is 5.70. The molecule has 130 valence electrons. The van der Waals surface area contributed by atoms with Crippen molar-refractivity contribution in [1.29, 1.82) is 0 Å². The molecule has 1 fully saturated rings. The average molecular weight is 335 g/mol. The number of H-pyrrole nitrogens is 1. The number of aliphatic hydroxyl groups excluding tert-OH is 3. The van der Waals surface area contributed by atoms with Gasteiger partial charge in [-0.25, -0.2) is 9.97 Å². The van der Waals surface area contributed by atoms with Gasteiger partial charge in [0.25, 0.3) is 0 Å². The molecule has 3 rings (SSSR count). The monoisotopic (exact) mass is 335 g/mol. The molecule has 2 aromatic heterocycles. The zero-order chi connectivity index (χ0) is 17.3. The number of nitrogens with one attached hydrogen (secondary N) is 2. The van der Waals surface area contributed by atoms with E-state index in [1.807, 2.05) is 6.92 Å². The molecule has 0 bridgehead atoms. The minimum Gasteiger partial charge on any atom is -0.394 e. The standard InChI is InChI=1S/C15H21N5O4/c1-7(2)3-4-16-15-17-5-8-13(20-15)19-14(18-8)12-11(23)10(22)9(6-21)24-12/h5,9-12,21-23H,1,3-4,6H2,2H3,(H2,16,17,18,19,20)/t9-,10-,11-,12?/m1/s1. The summed E-state index contributed by atoms with van der Waals surface area (Å²) >= 11 is 0. The van der Waals surface area contributed by atoms with E-state index < -0.39 is 24.4 Å². The highest BCUT2D eigenvalue weighted by Crippen LogP contribution is 2.32. The van der Waals surface area contributed by atoms with Gasteiger partial charge < -0.3 is 30.4 Å². The third kappa shape index (κ3) is 3.24. The van der Waals surface area contributed by atoms with E-state index in [-0.39, 0.29) is 6.61 Å². The zero-order valence-corrected chi connectivity index (χ0v) is 13.3. The van der Waals surface area contributed by atoms with Crippen LogP contribution >= 0.6 is 0 Å². The fourth-order valence-corrected chi connectivity index (χ4v) is 2.56. The van der Waals surface area contributed by atoms with Gasteiger partial charge in [-0.15, -0.1) is 6.58 Å². The Morgan fingerprint density at radius 2 is 2.17 bits per heavy atom. The van der Waals surface area contributed by atoms with Crippen molar-refractivity contribution in [1.82, 2.24) is 19.9 Å². The van der Waals surface area contributed by atoms with Crippen LogP contribution in [0, 0.1) is 0 Å². The smallest absolute Gasteiger partial charge is 0.224 e. The van der Waals surface area contributed by atoms with Gasteiger partial charge in [-0.2, -0.15) is 4.98 Å². The van der Waals surface area contributed by atoms with Gasteiger partial charge in [0, 0.05) is 6.54 Å². The first-order valence-corrected chi connectivity index (χ1v) is 7.73. The van der Waals surface area contributed by atoms with Crippen LogP contribution < -0.4 is 5.32 Å². The van der Waals surface area contributed by atoms with Crippen LogP contribution in [0.15, 0.2) is 18.3 Å². The van der Waals surface area contributed by atoms with Crippen LogP contribution in [-0.2, 0) is 4.74 Å². The first-order valence-electron chi connectivity index (χ1n) is 7.73. The van der Waals surface area contributed by atoms with Crippen molar-refractivity contribution in [2.24, 2.45) is 0 Å². The normalized spacial score (nSPS) is 26.8. The van der Waals surface area contributed by atoms with Gasteiger partial charge in [0.15, 0.2) is 5.65 Å². The van der Waals surface area contributed by atoms with E-state index in [9.17, 15) is 10.2 Å². The van der Waals surface area contributed by atoms with E-state index in [0.29, 0.717) is 29.5 Å². The Morgan fingerprint density at radius 3 is 2.83 bits per heavy atom. The Kier molecular flexibility index (Phi) is 4.76. The summed E-state index contributed by atoms with van der Waals surface area (Å²) in [5.74, 6) is 0.781. The molecular weight excluding hydrogens is 314 g/mol. The molecule has 4 atom stereocenters. The average Bonchev–Trinajstić information content (AvgIpc) is 3.08. The highest BCUT2D eigenvalue weighted by atomic mass is 16.6. The summed E-state index contributed by atoms with van der Waals surface area (Å²) in [4.78, 5) is 15.8. The number of fused-ring (bicyclic) bond motifs is 1. The minimum atomic E-state index is -1.18. The van der Waals surface area contributed by atoms with E-state index in [1.165, 1.54) is 0 Å². The van der Waals surface area contributed by atoms with Crippen molar-refractivity contribution in [2.75, 3.05) is 18.5 Å². The molecule has 9 heteroatoms. The lowest BCUT2D eigenvalue weighted by Crippen LogP contribution is -2.32. The number of ether oxygens (including phenoxy) is 1. The first-order chi connectivity index (χ1) is 11.5. The second kappa shape index (κ2) is 6.81. The quantitative estimate of drug-likeness (QED) is 0.461. The van der Waals surface area contributed by atoms with E-state index in [1.54, 1.807) is 6.20 Å². The van der Waals surface area contributed by atoms with Gasteiger partial charge >= 0.3 is 0 Å². The number of aliphatic hydroxyl groups is 3. The molecule has 24 heavy (non-hydrogen) atoms. The van der Waals surface area contributed by atoms with Crippen LogP contribution in [0.25, 0.3) is 11.2 Å². The van der Waals surface area contributed by atoms with Crippen molar-refractivity contribution in [2.45, 2.75) is 37.8 Å². The Morgan fingerprint density at radius 1 is 1.38 bits per heavy atom. The molecule has 9 nitrogen and oxygen atoms in total. The topological polar surface area (TPSA) is 136 Å². The Hall–Kier alpha value is -2.07. The highest BCUT2D eigenvalue weighted by Gasteiger charge is 2.44. The van der Waals surface area contributed by atoms with Gasteiger partial charge in [-0.1, -0.05) is 5.57 Å². The molecule has 0 amide bonds. The minimum absolute atomic E-state index is 0.334. The van der Waals surface area contributed by atoms with E-state index in [0.717, 1.165) is 12.0 Å². The van der Waals surface area contributed by atoms with Gasteiger partial charge in [0.1, 0.15) is 35.8 Å². The molecule has 0 aliphatic carbocycles. The van der Waals surface area contributed by atoms with Crippen LogP contribution in [0.1, 0.15) is 25.3 Å². The Labute approximate surface area is 138 Å². The molecule has 1 aliphatic heterocycles. The van der Waals surface area contributed by atoms with Crippen LogP contribution in [0.3, 0.4) is 0 Å². The van der Waals surface area contributed by atoms with Crippen molar-refractivity contribution in [3.05, 3.63) is 24.2 Å². The van der Waals surface area contributed by atoms with E-state index >= 15 is 0 Å². The summed E-state index contributed by atoms with van der Waals surface area (Å²) in [5.41, 5.74) is 2.08. The maximum atomic E-state index is 10.1. The Bertz CT molecular complexity index is 734. The number of imidazole rings is 1. The third-order valence-corrected chi connectivity index (χ3v) is 3.90. The van der Waals surface area contributed by atoms with Crippen LogP contribution in [-0.4, -0.2) is 66.7 Å². The largest absolute Gasteiger partial charge is 0.394 e. The second-order valence-electron chi connectivity index (χ2n) is 5.95. The van der Waals surface area contributed by atoms with Crippen LogP contribution in [0.4, 0.5) is 5.95 Å². The van der Waals surface area contributed by atoms with E-state index in [4.69, 9.17) is 9.84 Å². The van der Waals surface area contributed by atoms with Crippen molar-refractivity contribution in [3.8, 4) is 0 Å². The molecule has 1 aliphatic rings. The maximum Gasteiger partial charge on any atom is 0.224 e. The fraction of sp³-hybridized carbons (Fsp3) is 0.533. The maximum absolute atomic E-state index is 10.1. The predicted molar refractivity (Wildman–Crippen MR) is 86.3 cm³/mol. The summed E-state index contributed by atoms with van der Waals surface area (Å²) in [6, 6.07) is 0. The summed E-state index contributed by atoms with van der Waals surface area (Å²) in [6.45, 7) is 6.08. The predicted octanol–water partition coefficient (Wildman–Crippen LogP) is -0.115. The second-order valence-corrected chi connectivity index (χ2v) is 5.95. The molecule has 1 unspecified atom stereocenters. The molecule has 0 saturated carbocycles. The Balaban J connectivity index is 1.77. The van der Waals surface area contributed by atoms with Crippen LogP contribution in [0.2, 0.25) is 0 Å². The lowest BCUT2D eigenvalue weighted by Gasteiger charge is -2.11. The first kappa shape index (κ1) is 16.8. The molecule has 3 heterocycles. The summed E-state index contributed by atoms with van der Waals surface area (Å²) in [5, 5.41) is 32.1. The molecule has 5 N–H and O–H groups in total. The summed E-state index contributed by atoms with van der Waals surface area (Å²) in [6.07, 6.45) is -1.64. The molecule has 2 aromatic rings. The fourth-order valence-electron chi connectivity index (χ4n) is 2.56. The molecule has 0 radical (unpaired) electrons. The number of hydrogen-bond acceptors (Lipinski definition) is 8. The van der Waals surface area contributed by atoms with Crippen molar-refractivity contribution < 1.29 is 20.1 Å². The molecular formula is C15H21N5O4. The lowest BCUT2D eigenvalue weighted by atomic mass is 10.1. The van der Waals surface area contributed by atoms with Gasteiger partial charge in [-0.3, -0.25) is 0 Å². The van der Waals surface area contributed by atoms with Crippen LogP contribution in [0.5, 0.6) is 0 Å².